The molecule has 2 rings (SSSR count). The number of nitrogens with two attached hydrogens (primary N) is 1. The van der Waals surface area contributed by atoms with Gasteiger partial charge in [-0.2, -0.15) is 11.8 Å². The molecular formula is C12H17ClN2S. The second-order valence-corrected chi connectivity index (χ2v) is 5.81. The molecule has 1 fully saturated rings. The Hall–Kier alpha value is -0.220. The molecule has 0 amide bonds. The summed E-state index contributed by atoms with van der Waals surface area (Å²) < 4.78 is 0. The zero-order valence-corrected chi connectivity index (χ0v) is 10.7. The highest BCUT2D eigenvalue weighted by Gasteiger charge is 2.24. The summed E-state index contributed by atoms with van der Waals surface area (Å²) in [6.07, 6.45) is 2.26. The minimum atomic E-state index is 0.385. The van der Waals surface area contributed by atoms with Crippen molar-refractivity contribution in [1.29, 1.82) is 0 Å². The summed E-state index contributed by atoms with van der Waals surface area (Å²) in [6, 6.07) is 8.42. The average molecular weight is 257 g/mol. The van der Waals surface area contributed by atoms with Crippen molar-refractivity contribution in [3.05, 3.63) is 34.9 Å². The molecule has 0 aliphatic carbocycles. The fourth-order valence-corrected chi connectivity index (χ4v) is 3.57. The van der Waals surface area contributed by atoms with E-state index in [1.54, 1.807) is 0 Å². The topological polar surface area (TPSA) is 38.0 Å². The van der Waals surface area contributed by atoms with Gasteiger partial charge in [0.25, 0.3) is 0 Å². The lowest BCUT2D eigenvalue weighted by Crippen LogP contribution is -2.42. The van der Waals surface area contributed by atoms with Gasteiger partial charge in [-0.15, -0.1) is 0 Å². The van der Waals surface area contributed by atoms with Crippen LogP contribution in [0, 0.1) is 5.92 Å². The highest BCUT2D eigenvalue weighted by atomic mass is 35.5. The van der Waals surface area contributed by atoms with Crippen molar-refractivity contribution in [3.8, 4) is 0 Å². The minimum Gasteiger partial charge on any atom is -0.271 e. The highest BCUT2D eigenvalue weighted by Crippen LogP contribution is 2.27. The highest BCUT2D eigenvalue weighted by molar-refractivity contribution is 7.99. The predicted molar refractivity (Wildman–Crippen MR) is 71.7 cm³/mol. The van der Waals surface area contributed by atoms with Gasteiger partial charge in [-0.3, -0.25) is 11.3 Å². The van der Waals surface area contributed by atoms with Gasteiger partial charge in [0.1, 0.15) is 0 Å². The largest absolute Gasteiger partial charge is 0.271 e. The first-order valence-electron chi connectivity index (χ1n) is 5.58. The summed E-state index contributed by atoms with van der Waals surface area (Å²) in [4.78, 5) is 0. The third-order valence-corrected chi connectivity index (χ3v) is 4.56. The summed E-state index contributed by atoms with van der Waals surface area (Å²) in [7, 11) is 0. The predicted octanol–water partition coefficient (Wildman–Crippen LogP) is 2.47. The summed E-state index contributed by atoms with van der Waals surface area (Å²) in [6.45, 7) is 0. The van der Waals surface area contributed by atoms with Crippen molar-refractivity contribution >= 4 is 23.4 Å². The van der Waals surface area contributed by atoms with Crippen molar-refractivity contribution in [3.63, 3.8) is 0 Å². The molecule has 3 N–H and O–H groups in total. The van der Waals surface area contributed by atoms with Crippen LogP contribution in [0.3, 0.4) is 0 Å². The lowest BCUT2D eigenvalue weighted by Gasteiger charge is -2.22. The molecular weight excluding hydrogens is 240 g/mol. The zero-order chi connectivity index (χ0) is 11.4. The van der Waals surface area contributed by atoms with Crippen molar-refractivity contribution in [2.75, 3.05) is 11.5 Å². The van der Waals surface area contributed by atoms with E-state index in [9.17, 15) is 0 Å². The fourth-order valence-electron chi connectivity index (χ4n) is 2.11. The van der Waals surface area contributed by atoms with Crippen molar-refractivity contribution in [2.24, 2.45) is 11.8 Å². The van der Waals surface area contributed by atoms with Gasteiger partial charge in [-0.25, -0.2) is 0 Å². The number of hydrogen-bond acceptors (Lipinski definition) is 3. The maximum absolute atomic E-state index is 5.87. The van der Waals surface area contributed by atoms with E-state index in [1.807, 2.05) is 23.9 Å². The molecule has 1 saturated heterocycles. The SMILES string of the molecule is NNC(Cc1ccc(Cl)cc1)C1CCSC1. The zero-order valence-electron chi connectivity index (χ0n) is 9.16. The van der Waals surface area contributed by atoms with Crippen molar-refractivity contribution in [2.45, 2.75) is 18.9 Å². The maximum Gasteiger partial charge on any atom is 0.0406 e. The number of nitrogens with one attached hydrogen (secondary N) is 1. The van der Waals surface area contributed by atoms with E-state index in [0.717, 1.165) is 11.4 Å². The summed E-state index contributed by atoms with van der Waals surface area (Å²) in [5.74, 6) is 8.84. The number of rotatable bonds is 4. The molecule has 1 aliphatic heterocycles. The molecule has 0 aromatic heterocycles. The molecule has 1 aliphatic rings. The van der Waals surface area contributed by atoms with Crippen LogP contribution >= 0.6 is 23.4 Å². The van der Waals surface area contributed by atoms with Gasteiger partial charge in [0.15, 0.2) is 0 Å². The second-order valence-electron chi connectivity index (χ2n) is 4.23. The fraction of sp³-hybridized carbons (Fsp3) is 0.500. The Balaban J connectivity index is 1.97. The van der Waals surface area contributed by atoms with Crippen LogP contribution in [0.4, 0.5) is 0 Å². The Bertz CT molecular complexity index is 322. The van der Waals surface area contributed by atoms with E-state index in [0.29, 0.717) is 12.0 Å². The first-order chi connectivity index (χ1) is 7.79. The molecule has 1 aromatic carbocycles. The lowest BCUT2D eigenvalue weighted by atomic mass is 9.93. The Morgan fingerprint density at radius 2 is 2.19 bits per heavy atom. The van der Waals surface area contributed by atoms with Gasteiger partial charge >= 0.3 is 0 Å². The number of benzene rings is 1. The van der Waals surface area contributed by atoms with E-state index in [4.69, 9.17) is 17.4 Å². The van der Waals surface area contributed by atoms with Crippen LogP contribution in [0.25, 0.3) is 0 Å². The molecule has 88 valence electrons. The first kappa shape index (κ1) is 12.2. The van der Waals surface area contributed by atoms with Crippen LogP contribution in [-0.4, -0.2) is 17.5 Å². The maximum atomic E-state index is 5.87. The van der Waals surface area contributed by atoms with Crippen LogP contribution in [0.2, 0.25) is 5.02 Å². The number of thioether (sulfide) groups is 1. The molecule has 16 heavy (non-hydrogen) atoms. The molecule has 1 heterocycles. The molecule has 0 radical (unpaired) electrons. The van der Waals surface area contributed by atoms with Gasteiger partial charge in [0, 0.05) is 11.1 Å². The molecule has 2 nitrogen and oxygen atoms in total. The van der Waals surface area contributed by atoms with Crippen LogP contribution < -0.4 is 11.3 Å². The Labute approximate surface area is 106 Å². The quantitative estimate of drug-likeness (QED) is 0.642. The number of hydrogen-bond donors (Lipinski definition) is 2. The normalized spacial score (nSPS) is 22.2. The smallest absolute Gasteiger partial charge is 0.0406 e. The summed E-state index contributed by atoms with van der Waals surface area (Å²) >= 11 is 7.89. The van der Waals surface area contributed by atoms with Gasteiger partial charge in [-0.1, -0.05) is 23.7 Å². The lowest BCUT2D eigenvalue weighted by molar-refractivity contribution is 0.386. The van der Waals surface area contributed by atoms with Crippen LogP contribution in [0.5, 0.6) is 0 Å². The number of hydrazine groups is 1. The van der Waals surface area contributed by atoms with Crippen LogP contribution in [-0.2, 0) is 6.42 Å². The van der Waals surface area contributed by atoms with Gasteiger partial charge in [-0.05, 0) is 48.0 Å². The van der Waals surface area contributed by atoms with Crippen molar-refractivity contribution < 1.29 is 0 Å². The van der Waals surface area contributed by atoms with E-state index in [2.05, 4.69) is 17.6 Å². The van der Waals surface area contributed by atoms with Crippen molar-refractivity contribution in [1.82, 2.24) is 5.43 Å². The standard InChI is InChI=1S/C12H17ClN2S/c13-11-3-1-9(2-4-11)7-12(15-14)10-5-6-16-8-10/h1-4,10,12,15H,5-8,14H2. The van der Waals surface area contributed by atoms with Crippen LogP contribution in [0.15, 0.2) is 24.3 Å². The van der Waals surface area contributed by atoms with E-state index < -0.39 is 0 Å². The third kappa shape index (κ3) is 3.14. The van der Waals surface area contributed by atoms with Gasteiger partial charge in [0.05, 0.1) is 0 Å². The molecule has 2 unspecified atom stereocenters. The van der Waals surface area contributed by atoms with E-state index in [-0.39, 0.29) is 0 Å². The molecule has 0 spiro atoms. The average Bonchev–Trinajstić information content (AvgIpc) is 2.82. The molecule has 2 atom stereocenters. The Kier molecular flexibility index (Phi) is 4.53. The minimum absolute atomic E-state index is 0.385. The van der Waals surface area contributed by atoms with Gasteiger partial charge < -0.3 is 0 Å². The molecule has 1 aromatic rings. The first-order valence-corrected chi connectivity index (χ1v) is 7.11. The Morgan fingerprint density at radius 3 is 2.75 bits per heavy atom. The monoisotopic (exact) mass is 256 g/mol. The van der Waals surface area contributed by atoms with Gasteiger partial charge in [0.2, 0.25) is 0 Å². The Morgan fingerprint density at radius 1 is 1.44 bits per heavy atom. The molecule has 0 saturated carbocycles. The summed E-state index contributed by atoms with van der Waals surface area (Å²) in [5.41, 5.74) is 4.26. The van der Waals surface area contributed by atoms with E-state index in [1.165, 1.54) is 23.5 Å². The summed E-state index contributed by atoms with van der Waals surface area (Å²) in [5, 5.41) is 0.789. The third-order valence-electron chi connectivity index (χ3n) is 3.12. The molecule has 0 bridgehead atoms. The second kappa shape index (κ2) is 5.92. The number of halogens is 1. The van der Waals surface area contributed by atoms with Crippen LogP contribution in [0.1, 0.15) is 12.0 Å². The van der Waals surface area contributed by atoms with E-state index >= 15 is 0 Å². The molecule has 4 heteroatoms.